The third-order valence-electron chi connectivity index (χ3n) is 4.62. The van der Waals surface area contributed by atoms with Gasteiger partial charge in [-0.05, 0) is 31.3 Å². The zero-order valence-electron chi connectivity index (χ0n) is 15.4. The molecule has 152 valence electrons. The Kier molecular flexibility index (Phi) is 5.11. The lowest BCUT2D eigenvalue weighted by atomic mass is 10.2. The molecule has 0 atom stereocenters. The molecule has 1 amide bonds. The molecule has 2 aromatic heterocycles. The summed E-state index contributed by atoms with van der Waals surface area (Å²) in [6.45, 7) is 1.63. The molecule has 0 fully saturated rings. The molecule has 0 spiro atoms. The van der Waals surface area contributed by atoms with Crippen LogP contribution in [0.3, 0.4) is 0 Å². The molecule has 0 bridgehead atoms. The van der Waals surface area contributed by atoms with Crippen LogP contribution in [0.1, 0.15) is 20.4 Å². The monoisotopic (exact) mass is 451 g/mol. The molecule has 1 aromatic carbocycles. The van der Waals surface area contributed by atoms with E-state index in [9.17, 15) is 13.2 Å². The minimum atomic E-state index is -4.00. The van der Waals surface area contributed by atoms with E-state index in [1.54, 1.807) is 18.2 Å². The normalized spacial score (nSPS) is 15.4. The molecule has 0 saturated heterocycles. The van der Waals surface area contributed by atoms with Crippen molar-refractivity contribution in [2.45, 2.75) is 18.0 Å². The number of hydrogen-bond acceptors (Lipinski definition) is 7. The molecule has 11 heteroatoms. The maximum Gasteiger partial charge on any atom is 0.284 e. The van der Waals surface area contributed by atoms with Crippen molar-refractivity contribution in [3.05, 3.63) is 56.1 Å². The summed E-state index contributed by atoms with van der Waals surface area (Å²) in [7, 11) is -1.99. The van der Waals surface area contributed by atoms with E-state index >= 15 is 0 Å². The number of nitrogens with zero attached hydrogens (tertiary/aromatic N) is 2. The first-order chi connectivity index (χ1) is 13.7. The van der Waals surface area contributed by atoms with Gasteiger partial charge >= 0.3 is 0 Å². The first-order valence-electron chi connectivity index (χ1n) is 8.71. The summed E-state index contributed by atoms with van der Waals surface area (Å²) in [5.74, 6) is -0.492. The van der Waals surface area contributed by atoms with Gasteiger partial charge in [0.15, 0.2) is 5.01 Å². The standard InChI is InChI=1S/C18H18ClN5O3S2/c1-24-5-4-13-14(9-24)28-18(23-13)17(25)21-8-15(20)29(26,27)16-7-10-6-11(19)2-3-12(10)22-16/h2-3,6-8,22H,4-5,9,20H2,1H3,(H,21,25)/b15-8-. The Bertz CT molecular complexity index is 1250. The van der Waals surface area contributed by atoms with E-state index in [1.807, 2.05) is 7.05 Å². The van der Waals surface area contributed by atoms with Crippen molar-refractivity contribution in [3.63, 3.8) is 0 Å². The first kappa shape index (κ1) is 19.9. The average Bonchev–Trinajstić information content (AvgIpc) is 3.29. The van der Waals surface area contributed by atoms with Gasteiger partial charge in [0.25, 0.3) is 5.91 Å². The number of aromatic nitrogens is 2. The van der Waals surface area contributed by atoms with Crippen molar-refractivity contribution >= 4 is 49.6 Å². The number of halogens is 1. The lowest BCUT2D eigenvalue weighted by Crippen LogP contribution is -2.25. The zero-order valence-corrected chi connectivity index (χ0v) is 17.8. The number of rotatable bonds is 4. The van der Waals surface area contributed by atoms with Gasteiger partial charge in [0.05, 0.1) is 5.69 Å². The Balaban J connectivity index is 1.53. The number of benzene rings is 1. The number of hydrogen-bond donors (Lipinski definition) is 3. The Morgan fingerprint density at radius 1 is 1.41 bits per heavy atom. The third kappa shape index (κ3) is 3.88. The van der Waals surface area contributed by atoms with Crippen LogP contribution in [0, 0.1) is 0 Å². The summed E-state index contributed by atoms with van der Waals surface area (Å²) in [4.78, 5) is 22.8. The molecular weight excluding hydrogens is 434 g/mol. The topological polar surface area (TPSA) is 121 Å². The number of amides is 1. The zero-order chi connectivity index (χ0) is 20.8. The van der Waals surface area contributed by atoms with Crippen LogP contribution in [0.15, 0.2) is 40.5 Å². The van der Waals surface area contributed by atoms with Crippen LogP contribution in [0.2, 0.25) is 5.02 Å². The van der Waals surface area contributed by atoms with Gasteiger partial charge in [0.1, 0.15) is 10.1 Å². The summed E-state index contributed by atoms with van der Waals surface area (Å²) < 4.78 is 25.4. The van der Waals surface area contributed by atoms with Crippen LogP contribution in [0.4, 0.5) is 0 Å². The highest BCUT2D eigenvalue weighted by atomic mass is 35.5. The van der Waals surface area contributed by atoms with E-state index < -0.39 is 20.8 Å². The van der Waals surface area contributed by atoms with E-state index in [-0.39, 0.29) is 10.0 Å². The van der Waals surface area contributed by atoms with E-state index in [4.69, 9.17) is 17.3 Å². The Hall–Kier alpha value is -2.40. The van der Waals surface area contributed by atoms with Crippen molar-refractivity contribution in [2.24, 2.45) is 5.73 Å². The Morgan fingerprint density at radius 3 is 3.00 bits per heavy atom. The van der Waals surface area contributed by atoms with Crippen molar-refractivity contribution in [1.29, 1.82) is 0 Å². The van der Waals surface area contributed by atoms with Crippen molar-refractivity contribution < 1.29 is 13.2 Å². The summed E-state index contributed by atoms with van der Waals surface area (Å²) in [6.07, 6.45) is 1.77. The van der Waals surface area contributed by atoms with Crippen LogP contribution < -0.4 is 11.1 Å². The summed E-state index contributed by atoms with van der Waals surface area (Å²) in [6, 6.07) is 6.43. The van der Waals surface area contributed by atoms with Gasteiger partial charge in [-0.25, -0.2) is 13.4 Å². The van der Waals surface area contributed by atoms with E-state index in [0.29, 0.717) is 15.9 Å². The number of carbonyl (C=O) groups is 1. The Labute approximate surface area is 176 Å². The predicted molar refractivity (Wildman–Crippen MR) is 112 cm³/mol. The molecule has 1 aliphatic rings. The minimum Gasteiger partial charge on any atom is -0.388 e. The second-order valence-corrected chi connectivity index (χ2v) is 10.2. The van der Waals surface area contributed by atoms with Gasteiger partial charge < -0.3 is 20.9 Å². The molecule has 3 heterocycles. The SMILES string of the molecule is CN1CCc2nc(C(=O)N/C=C(/N)S(=O)(=O)c3cc4cc(Cl)ccc4[nH]3)sc2C1. The molecule has 0 unspecified atom stereocenters. The van der Waals surface area contributed by atoms with Crippen LogP contribution >= 0.6 is 22.9 Å². The predicted octanol–water partition coefficient (Wildman–Crippen LogP) is 2.23. The van der Waals surface area contributed by atoms with Gasteiger partial charge in [-0.2, -0.15) is 0 Å². The molecule has 3 aromatic rings. The summed E-state index contributed by atoms with van der Waals surface area (Å²) >= 11 is 7.24. The fourth-order valence-electron chi connectivity index (χ4n) is 3.04. The fourth-order valence-corrected chi connectivity index (χ4v) is 5.31. The number of H-pyrrole nitrogens is 1. The van der Waals surface area contributed by atoms with Gasteiger partial charge in [0, 0.05) is 46.5 Å². The molecule has 4 N–H and O–H groups in total. The smallest absolute Gasteiger partial charge is 0.284 e. The van der Waals surface area contributed by atoms with Crippen LogP contribution in [0.5, 0.6) is 0 Å². The second-order valence-electron chi connectivity index (χ2n) is 6.77. The average molecular weight is 452 g/mol. The van der Waals surface area contributed by atoms with Crippen LogP contribution in [-0.2, 0) is 22.8 Å². The quantitative estimate of drug-likeness (QED) is 0.559. The van der Waals surface area contributed by atoms with E-state index in [0.717, 1.165) is 36.3 Å². The number of nitrogens with one attached hydrogen (secondary N) is 2. The lowest BCUT2D eigenvalue weighted by molar-refractivity contribution is 0.0969. The van der Waals surface area contributed by atoms with Crippen LogP contribution in [-0.4, -0.2) is 42.8 Å². The van der Waals surface area contributed by atoms with Gasteiger partial charge in [-0.1, -0.05) is 11.6 Å². The molecule has 0 saturated carbocycles. The molecule has 1 aliphatic heterocycles. The van der Waals surface area contributed by atoms with Gasteiger partial charge in [0.2, 0.25) is 9.84 Å². The third-order valence-corrected chi connectivity index (χ3v) is 7.47. The first-order valence-corrected chi connectivity index (χ1v) is 11.4. The molecule has 0 radical (unpaired) electrons. The summed E-state index contributed by atoms with van der Waals surface area (Å²) in [5, 5.41) is 3.29. The molecule has 0 aliphatic carbocycles. The maximum absolute atomic E-state index is 12.7. The number of nitrogens with two attached hydrogens (primary N) is 1. The van der Waals surface area contributed by atoms with Gasteiger partial charge in [-0.3, -0.25) is 4.79 Å². The highest BCUT2D eigenvalue weighted by Crippen LogP contribution is 2.25. The van der Waals surface area contributed by atoms with Crippen LogP contribution in [0.25, 0.3) is 10.9 Å². The highest BCUT2D eigenvalue weighted by molar-refractivity contribution is 7.95. The number of carbonyl (C=O) groups excluding carboxylic acids is 1. The number of aromatic amines is 1. The lowest BCUT2D eigenvalue weighted by Gasteiger charge is -2.20. The highest BCUT2D eigenvalue weighted by Gasteiger charge is 2.23. The second kappa shape index (κ2) is 7.45. The number of thiazole rings is 1. The number of likely N-dealkylation sites (N-methyl/N-ethyl adjacent to an activating group) is 1. The number of sulfone groups is 1. The van der Waals surface area contributed by atoms with Crippen molar-refractivity contribution in [2.75, 3.05) is 13.6 Å². The largest absolute Gasteiger partial charge is 0.388 e. The van der Waals surface area contributed by atoms with Gasteiger partial charge in [-0.15, -0.1) is 11.3 Å². The molecule has 8 nitrogen and oxygen atoms in total. The van der Waals surface area contributed by atoms with Crippen molar-refractivity contribution in [3.8, 4) is 0 Å². The van der Waals surface area contributed by atoms with Crippen molar-refractivity contribution in [1.82, 2.24) is 20.2 Å². The summed E-state index contributed by atoms with van der Waals surface area (Å²) in [5.41, 5.74) is 7.30. The molecule has 4 rings (SSSR count). The van der Waals surface area contributed by atoms with E-state index in [1.165, 1.54) is 17.4 Å². The fraction of sp³-hybridized carbons (Fsp3) is 0.222. The number of fused-ring (bicyclic) bond motifs is 2. The molecular formula is C18H18ClN5O3S2. The minimum absolute atomic E-state index is 0.0782. The maximum atomic E-state index is 12.7. The van der Waals surface area contributed by atoms with E-state index in [2.05, 4.69) is 20.2 Å². The Morgan fingerprint density at radius 2 is 2.21 bits per heavy atom. The molecule has 29 heavy (non-hydrogen) atoms.